The van der Waals surface area contributed by atoms with Crippen LogP contribution in [0.25, 0.3) is 0 Å². The van der Waals surface area contributed by atoms with Crippen LogP contribution in [0.2, 0.25) is 0 Å². The van der Waals surface area contributed by atoms with Gasteiger partial charge in [-0.2, -0.15) is 0 Å². The molecule has 142 valence electrons. The van der Waals surface area contributed by atoms with E-state index < -0.39 is 5.97 Å². The van der Waals surface area contributed by atoms with Crippen molar-refractivity contribution in [1.82, 2.24) is 0 Å². The Hall–Kier alpha value is -2.33. The van der Waals surface area contributed by atoms with E-state index in [4.69, 9.17) is 9.47 Å². The third-order valence-corrected chi connectivity index (χ3v) is 6.10. The number of fused-ring (bicyclic) bond motifs is 3. The summed E-state index contributed by atoms with van der Waals surface area (Å²) in [5, 5.41) is 9.39. The largest absolute Gasteiger partial charge is 0.487 e. The molecule has 2 aromatic carbocycles. The van der Waals surface area contributed by atoms with Crippen molar-refractivity contribution < 1.29 is 19.4 Å². The molecule has 0 amide bonds. The fourth-order valence-corrected chi connectivity index (χ4v) is 4.65. The van der Waals surface area contributed by atoms with Gasteiger partial charge in [0.2, 0.25) is 0 Å². The molecule has 1 N–H and O–H groups in total. The van der Waals surface area contributed by atoms with Crippen molar-refractivity contribution in [2.45, 2.75) is 57.3 Å². The first-order chi connectivity index (χ1) is 12.9. The van der Waals surface area contributed by atoms with Crippen LogP contribution in [0, 0.1) is 5.92 Å². The summed E-state index contributed by atoms with van der Waals surface area (Å²) in [6.07, 6.45) is 1.83. The number of carboxylic acid groups (broad SMARTS) is 1. The van der Waals surface area contributed by atoms with Gasteiger partial charge in [-0.05, 0) is 50.5 Å². The van der Waals surface area contributed by atoms with Crippen LogP contribution in [0.3, 0.4) is 0 Å². The molecule has 0 aromatic heterocycles. The highest BCUT2D eigenvalue weighted by Gasteiger charge is 2.50. The van der Waals surface area contributed by atoms with Gasteiger partial charge in [-0.1, -0.05) is 37.3 Å². The molecule has 2 aliphatic heterocycles. The lowest BCUT2D eigenvalue weighted by molar-refractivity contribution is -0.159. The number of aromatic carboxylic acids is 1. The molecule has 0 saturated carbocycles. The van der Waals surface area contributed by atoms with Crippen LogP contribution in [-0.4, -0.2) is 22.8 Å². The minimum absolute atomic E-state index is 0.101. The summed E-state index contributed by atoms with van der Waals surface area (Å²) in [6, 6.07) is 15.6. The fraction of sp³-hybridized carbons (Fsp3) is 0.435. The highest BCUT2D eigenvalue weighted by Crippen LogP contribution is 2.54. The average molecular weight is 366 g/mol. The number of ether oxygens (including phenoxy) is 2. The molecular weight excluding hydrogens is 340 g/mol. The topological polar surface area (TPSA) is 55.8 Å². The third-order valence-electron chi connectivity index (χ3n) is 6.10. The lowest BCUT2D eigenvalue weighted by Crippen LogP contribution is -2.50. The van der Waals surface area contributed by atoms with E-state index in [9.17, 15) is 9.90 Å². The molecule has 4 nitrogen and oxygen atoms in total. The zero-order valence-corrected chi connectivity index (χ0v) is 16.0. The van der Waals surface area contributed by atoms with Gasteiger partial charge in [0, 0.05) is 17.4 Å². The van der Waals surface area contributed by atoms with Gasteiger partial charge in [-0.25, -0.2) is 4.79 Å². The van der Waals surface area contributed by atoms with Gasteiger partial charge >= 0.3 is 5.97 Å². The normalized spacial score (nSPS) is 28.6. The van der Waals surface area contributed by atoms with Crippen molar-refractivity contribution >= 4 is 5.97 Å². The van der Waals surface area contributed by atoms with Crippen LogP contribution in [0.5, 0.6) is 5.75 Å². The zero-order chi connectivity index (χ0) is 19.2. The Morgan fingerprint density at radius 3 is 2.59 bits per heavy atom. The summed E-state index contributed by atoms with van der Waals surface area (Å²) in [7, 11) is 0. The SMILES string of the molecule is CC[C@@H]1O[C@@H]2c3cc(C(=O)O)ccc3OC(C)(C)[C@H]2C[C@@H]1c1ccccc1. The van der Waals surface area contributed by atoms with Crippen molar-refractivity contribution in [2.24, 2.45) is 5.92 Å². The lowest BCUT2D eigenvalue weighted by atomic mass is 9.70. The van der Waals surface area contributed by atoms with E-state index in [0.717, 1.165) is 24.2 Å². The van der Waals surface area contributed by atoms with Crippen molar-refractivity contribution in [3.05, 3.63) is 65.2 Å². The Kier molecular flexibility index (Phi) is 4.47. The highest BCUT2D eigenvalue weighted by molar-refractivity contribution is 5.88. The number of benzene rings is 2. The van der Waals surface area contributed by atoms with Crippen LogP contribution in [0.4, 0.5) is 0 Å². The van der Waals surface area contributed by atoms with Gasteiger partial charge in [0.1, 0.15) is 11.4 Å². The smallest absolute Gasteiger partial charge is 0.335 e. The molecule has 1 fully saturated rings. The van der Waals surface area contributed by atoms with Crippen molar-refractivity contribution in [3.63, 3.8) is 0 Å². The standard InChI is InChI=1S/C23H26O4/c1-4-19-16(14-8-6-5-7-9-14)13-18-21(26-19)17-12-15(22(24)25)10-11-20(17)27-23(18,2)3/h5-12,16,18-19,21H,4,13H2,1-3H3,(H,24,25)/t16-,18+,19+,21-/m1/s1. The Balaban J connectivity index is 1.75. The number of hydrogen-bond donors (Lipinski definition) is 1. The van der Waals surface area contributed by atoms with E-state index in [0.29, 0.717) is 5.92 Å². The monoisotopic (exact) mass is 366 g/mol. The van der Waals surface area contributed by atoms with Crippen molar-refractivity contribution in [1.29, 1.82) is 0 Å². The molecule has 4 atom stereocenters. The molecule has 4 heteroatoms. The Morgan fingerprint density at radius 1 is 1.19 bits per heavy atom. The minimum Gasteiger partial charge on any atom is -0.487 e. The van der Waals surface area contributed by atoms with Gasteiger partial charge in [0.25, 0.3) is 0 Å². The summed E-state index contributed by atoms with van der Waals surface area (Å²) in [5.41, 5.74) is 2.05. The van der Waals surface area contributed by atoms with E-state index in [1.807, 2.05) is 6.07 Å². The maximum Gasteiger partial charge on any atom is 0.335 e. The van der Waals surface area contributed by atoms with Gasteiger partial charge in [-0.3, -0.25) is 0 Å². The molecular formula is C23H26O4. The summed E-state index contributed by atoms with van der Waals surface area (Å²) in [5.74, 6) is 0.273. The highest BCUT2D eigenvalue weighted by atomic mass is 16.5. The van der Waals surface area contributed by atoms with Crippen LogP contribution in [0.15, 0.2) is 48.5 Å². The van der Waals surface area contributed by atoms with E-state index in [1.54, 1.807) is 18.2 Å². The second-order valence-corrected chi connectivity index (χ2v) is 8.13. The fourth-order valence-electron chi connectivity index (χ4n) is 4.65. The van der Waals surface area contributed by atoms with Gasteiger partial charge < -0.3 is 14.6 Å². The lowest BCUT2D eigenvalue weighted by Gasteiger charge is -2.51. The molecule has 0 spiro atoms. The van der Waals surface area contributed by atoms with Gasteiger partial charge in [0.15, 0.2) is 0 Å². The molecule has 0 radical (unpaired) electrons. The van der Waals surface area contributed by atoms with Gasteiger partial charge in [0.05, 0.1) is 17.8 Å². The number of hydrogen-bond acceptors (Lipinski definition) is 3. The summed E-state index contributed by atoms with van der Waals surface area (Å²) in [4.78, 5) is 11.5. The Labute approximate surface area is 160 Å². The molecule has 0 unspecified atom stereocenters. The minimum atomic E-state index is -0.927. The van der Waals surface area contributed by atoms with E-state index in [-0.39, 0.29) is 29.3 Å². The number of carboxylic acids is 1. The van der Waals surface area contributed by atoms with Crippen LogP contribution in [-0.2, 0) is 4.74 Å². The maximum absolute atomic E-state index is 11.5. The third kappa shape index (κ3) is 3.12. The Morgan fingerprint density at radius 2 is 1.93 bits per heavy atom. The first-order valence-corrected chi connectivity index (χ1v) is 9.67. The second kappa shape index (κ2) is 6.68. The maximum atomic E-state index is 11.5. The molecule has 0 aliphatic carbocycles. The summed E-state index contributed by atoms with van der Waals surface area (Å²) >= 11 is 0. The summed E-state index contributed by atoms with van der Waals surface area (Å²) < 4.78 is 12.9. The first-order valence-electron chi connectivity index (χ1n) is 9.67. The quantitative estimate of drug-likeness (QED) is 0.811. The molecule has 2 aliphatic rings. The van der Waals surface area contributed by atoms with Crippen LogP contribution in [0.1, 0.15) is 67.1 Å². The molecule has 4 rings (SSSR count). The van der Waals surface area contributed by atoms with Crippen molar-refractivity contribution in [2.75, 3.05) is 0 Å². The number of carbonyl (C=O) groups is 1. The predicted octanol–water partition coefficient (Wildman–Crippen LogP) is 5.20. The summed E-state index contributed by atoms with van der Waals surface area (Å²) in [6.45, 7) is 6.37. The zero-order valence-electron chi connectivity index (χ0n) is 16.0. The molecule has 27 heavy (non-hydrogen) atoms. The van der Waals surface area contributed by atoms with Crippen molar-refractivity contribution in [3.8, 4) is 5.75 Å². The van der Waals surface area contributed by atoms with Crippen LogP contribution < -0.4 is 4.74 Å². The van der Waals surface area contributed by atoms with Gasteiger partial charge in [-0.15, -0.1) is 0 Å². The second-order valence-electron chi connectivity index (χ2n) is 8.13. The molecule has 2 aromatic rings. The van der Waals surface area contributed by atoms with E-state index in [1.165, 1.54) is 5.56 Å². The first kappa shape index (κ1) is 18.1. The molecule has 2 heterocycles. The predicted molar refractivity (Wildman–Crippen MR) is 103 cm³/mol. The number of rotatable bonds is 3. The molecule has 0 bridgehead atoms. The Bertz CT molecular complexity index is 843. The van der Waals surface area contributed by atoms with Crippen LogP contribution >= 0.6 is 0 Å². The van der Waals surface area contributed by atoms with E-state index in [2.05, 4.69) is 45.0 Å². The van der Waals surface area contributed by atoms with E-state index >= 15 is 0 Å². The molecule has 1 saturated heterocycles. The average Bonchev–Trinajstić information content (AvgIpc) is 2.67.